The molecule has 0 heterocycles. The first-order valence-corrected chi connectivity index (χ1v) is 10.2. The molecule has 5 N–H and O–H groups in total. The van der Waals surface area contributed by atoms with E-state index in [-0.39, 0.29) is 12.3 Å². The number of amides is 4. The fraction of sp³-hybridized carbons (Fsp3) is 0.545. The molecule has 1 aromatic carbocycles. The van der Waals surface area contributed by atoms with Gasteiger partial charge >= 0.3 is 6.09 Å². The van der Waals surface area contributed by atoms with Gasteiger partial charge in [-0.1, -0.05) is 44.2 Å². The number of benzene rings is 1. The number of alkyl carbamates (subject to hydrolysis) is 1. The molecule has 0 aliphatic carbocycles. The van der Waals surface area contributed by atoms with Crippen molar-refractivity contribution >= 4 is 23.8 Å². The summed E-state index contributed by atoms with van der Waals surface area (Å²) in [7, 11) is 0. The maximum absolute atomic E-state index is 13.0. The van der Waals surface area contributed by atoms with Crippen molar-refractivity contribution in [3.05, 3.63) is 35.9 Å². The van der Waals surface area contributed by atoms with Gasteiger partial charge in [0.2, 0.25) is 17.7 Å². The molecule has 172 valence electrons. The van der Waals surface area contributed by atoms with Gasteiger partial charge in [0.25, 0.3) is 0 Å². The minimum absolute atomic E-state index is 0.204. The van der Waals surface area contributed by atoms with Crippen LogP contribution in [0.25, 0.3) is 0 Å². The second-order valence-electron chi connectivity index (χ2n) is 8.75. The van der Waals surface area contributed by atoms with Crippen LogP contribution in [0.2, 0.25) is 0 Å². The highest BCUT2D eigenvalue weighted by atomic mass is 16.6. The van der Waals surface area contributed by atoms with E-state index in [0.717, 1.165) is 5.56 Å². The summed E-state index contributed by atoms with van der Waals surface area (Å²) in [6.45, 7) is 10.1. The summed E-state index contributed by atoms with van der Waals surface area (Å²) in [5, 5.41) is 7.75. The van der Waals surface area contributed by atoms with Crippen LogP contribution in [0.4, 0.5) is 4.79 Å². The fourth-order valence-electron chi connectivity index (χ4n) is 2.67. The Hall–Kier alpha value is -3.10. The monoisotopic (exact) mass is 434 g/mol. The summed E-state index contributed by atoms with van der Waals surface area (Å²) >= 11 is 0. The summed E-state index contributed by atoms with van der Waals surface area (Å²) in [4.78, 5) is 49.2. The van der Waals surface area contributed by atoms with Crippen LogP contribution in [-0.2, 0) is 25.5 Å². The van der Waals surface area contributed by atoms with Crippen LogP contribution >= 0.6 is 0 Å². The Bertz CT molecular complexity index is 774. The molecule has 0 saturated heterocycles. The summed E-state index contributed by atoms with van der Waals surface area (Å²) in [5.74, 6) is -2.04. The second-order valence-corrected chi connectivity index (χ2v) is 8.75. The van der Waals surface area contributed by atoms with Crippen LogP contribution in [0.15, 0.2) is 30.3 Å². The first kappa shape index (κ1) is 25.9. The standard InChI is InChI=1S/C22H34N4O5/c1-13(2)17(20(29)24-14(3)18(23)27)26-19(28)16(12-15-10-8-7-9-11-15)25-21(30)31-22(4,5)6/h7-11,13-14,16-17H,12H2,1-6H3,(H2,23,27)(H,24,29)(H,25,30)(H,26,28)/t14-,16+,17-/m0/s1. The van der Waals surface area contributed by atoms with Gasteiger partial charge in [-0.15, -0.1) is 0 Å². The lowest BCUT2D eigenvalue weighted by atomic mass is 10.0. The Morgan fingerprint density at radius 2 is 1.52 bits per heavy atom. The Morgan fingerprint density at radius 3 is 2.00 bits per heavy atom. The largest absolute Gasteiger partial charge is 0.444 e. The smallest absolute Gasteiger partial charge is 0.408 e. The molecule has 0 aliphatic rings. The van der Waals surface area contributed by atoms with Gasteiger partial charge in [0.1, 0.15) is 23.7 Å². The average molecular weight is 435 g/mol. The highest BCUT2D eigenvalue weighted by molar-refractivity contribution is 5.93. The number of nitrogens with two attached hydrogens (primary N) is 1. The van der Waals surface area contributed by atoms with Crippen molar-refractivity contribution in [3.63, 3.8) is 0 Å². The van der Waals surface area contributed by atoms with Gasteiger partial charge in [-0.2, -0.15) is 0 Å². The van der Waals surface area contributed by atoms with E-state index in [1.807, 2.05) is 30.3 Å². The molecule has 0 saturated carbocycles. The molecule has 31 heavy (non-hydrogen) atoms. The number of carbonyl (C=O) groups is 4. The van der Waals surface area contributed by atoms with Gasteiger partial charge in [-0.05, 0) is 39.2 Å². The van der Waals surface area contributed by atoms with Crippen molar-refractivity contribution < 1.29 is 23.9 Å². The third-order valence-electron chi connectivity index (χ3n) is 4.32. The van der Waals surface area contributed by atoms with Crippen LogP contribution < -0.4 is 21.7 Å². The van der Waals surface area contributed by atoms with Crippen LogP contribution in [0.5, 0.6) is 0 Å². The topological polar surface area (TPSA) is 140 Å². The van der Waals surface area contributed by atoms with E-state index in [4.69, 9.17) is 10.5 Å². The number of primary amides is 1. The molecule has 1 aromatic rings. The predicted octanol–water partition coefficient (Wildman–Crippen LogP) is 1.25. The van der Waals surface area contributed by atoms with Gasteiger partial charge in [-0.25, -0.2) is 4.79 Å². The molecule has 4 amide bonds. The molecule has 0 spiro atoms. The van der Waals surface area contributed by atoms with E-state index in [0.29, 0.717) is 0 Å². The third kappa shape index (κ3) is 9.50. The van der Waals surface area contributed by atoms with E-state index in [1.165, 1.54) is 6.92 Å². The zero-order chi connectivity index (χ0) is 23.8. The quantitative estimate of drug-likeness (QED) is 0.463. The molecule has 0 radical (unpaired) electrons. The first-order valence-electron chi connectivity index (χ1n) is 10.2. The molecular formula is C22H34N4O5. The summed E-state index contributed by atoms with van der Waals surface area (Å²) in [6.07, 6.45) is -0.535. The number of ether oxygens (including phenoxy) is 1. The Morgan fingerprint density at radius 1 is 0.935 bits per heavy atom. The van der Waals surface area contributed by atoms with Crippen molar-refractivity contribution in [2.24, 2.45) is 11.7 Å². The van der Waals surface area contributed by atoms with Gasteiger partial charge in [0.05, 0.1) is 0 Å². The minimum Gasteiger partial charge on any atom is -0.444 e. The van der Waals surface area contributed by atoms with Crippen molar-refractivity contribution in [2.75, 3.05) is 0 Å². The molecule has 9 nitrogen and oxygen atoms in total. The van der Waals surface area contributed by atoms with E-state index in [2.05, 4.69) is 16.0 Å². The van der Waals surface area contributed by atoms with Crippen molar-refractivity contribution in [3.8, 4) is 0 Å². The lowest BCUT2D eigenvalue weighted by Crippen LogP contribution is -2.58. The average Bonchev–Trinajstić information content (AvgIpc) is 2.64. The van der Waals surface area contributed by atoms with E-state index in [9.17, 15) is 19.2 Å². The van der Waals surface area contributed by atoms with Gasteiger partial charge < -0.3 is 26.4 Å². The van der Waals surface area contributed by atoms with E-state index in [1.54, 1.807) is 34.6 Å². The zero-order valence-electron chi connectivity index (χ0n) is 19.0. The van der Waals surface area contributed by atoms with Crippen LogP contribution in [0.3, 0.4) is 0 Å². The maximum Gasteiger partial charge on any atom is 0.408 e. The molecule has 9 heteroatoms. The summed E-state index contributed by atoms with van der Waals surface area (Å²) in [5.41, 5.74) is 5.29. The maximum atomic E-state index is 13.0. The minimum atomic E-state index is -0.972. The molecule has 1 rings (SSSR count). The van der Waals surface area contributed by atoms with Gasteiger partial charge in [0, 0.05) is 6.42 Å². The molecule has 0 aromatic heterocycles. The number of hydrogen-bond donors (Lipinski definition) is 4. The van der Waals surface area contributed by atoms with Crippen molar-refractivity contribution in [1.29, 1.82) is 0 Å². The molecule has 0 aliphatic heterocycles. The Kier molecular flexibility index (Phi) is 9.48. The summed E-state index contributed by atoms with van der Waals surface area (Å²) in [6, 6.07) is 6.38. The van der Waals surface area contributed by atoms with E-state index < -0.39 is 47.5 Å². The van der Waals surface area contributed by atoms with Crippen LogP contribution in [0.1, 0.15) is 47.1 Å². The van der Waals surface area contributed by atoms with Gasteiger partial charge in [0.15, 0.2) is 0 Å². The van der Waals surface area contributed by atoms with Gasteiger partial charge in [-0.3, -0.25) is 14.4 Å². The first-order chi connectivity index (χ1) is 14.3. The van der Waals surface area contributed by atoms with E-state index >= 15 is 0 Å². The number of rotatable bonds is 9. The predicted molar refractivity (Wildman–Crippen MR) is 117 cm³/mol. The fourth-order valence-corrected chi connectivity index (χ4v) is 2.67. The number of nitrogens with one attached hydrogen (secondary N) is 3. The Balaban J connectivity index is 3.00. The molecular weight excluding hydrogens is 400 g/mol. The molecule has 3 atom stereocenters. The normalized spacial score (nSPS) is 14.2. The summed E-state index contributed by atoms with van der Waals surface area (Å²) < 4.78 is 5.27. The van der Waals surface area contributed by atoms with Crippen LogP contribution in [-0.4, -0.2) is 47.5 Å². The Labute approximate surface area is 183 Å². The molecule has 0 unspecified atom stereocenters. The lowest BCUT2D eigenvalue weighted by Gasteiger charge is -2.27. The highest BCUT2D eigenvalue weighted by Gasteiger charge is 2.31. The zero-order valence-corrected chi connectivity index (χ0v) is 19.0. The SMILES string of the molecule is CC(C)[C@H](NC(=O)[C@@H](Cc1ccccc1)NC(=O)OC(C)(C)C)C(=O)N[C@@H](C)C(N)=O. The third-order valence-corrected chi connectivity index (χ3v) is 4.32. The van der Waals surface area contributed by atoms with Crippen LogP contribution in [0, 0.1) is 5.92 Å². The molecule has 0 fully saturated rings. The molecule has 0 bridgehead atoms. The van der Waals surface area contributed by atoms with Crippen molar-refractivity contribution in [1.82, 2.24) is 16.0 Å². The lowest BCUT2D eigenvalue weighted by molar-refractivity contribution is -0.132. The second kappa shape index (κ2) is 11.3. The number of carbonyl (C=O) groups excluding carboxylic acids is 4. The van der Waals surface area contributed by atoms with Crippen molar-refractivity contribution in [2.45, 2.75) is 71.7 Å². The highest BCUT2D eigenvalue weighted by Crippen LogP contribution is 2.10. The number of hydrogen-bond acceptors (Lipinski definition) is 5.